The molecular weight excluding hydrogens is 448 g/mol. The molecule has 0 saturated carbocycles. The van der Waals surface area contributed by atoms with Crippen molar-refractivity contribution in [2.24, 2.45) is 5.92 Å². The van der Waals surface area contributed by atoms with Gasteiger partial charge in [-0.1, -0.05) is 30.3 Å². The Bertz CT molecular complexity index is 1250. The third kappa shape index (κ3) is 4.79. The zero-order valence-corrected chi connectivity index (χ0v) is 21.0. The van der Waals surface area contributed by atoms with E-state index in [-0.39, 0.29) is 11.8 Å². The van der Waals surface area contributed by atoms with Crippen molar-refractivity contribution in [3.63, 3.8) is 0 Å². The van der Waals surface area contributed by atoms with E-state index in [4.69, 9.17) is 0 Å². The number of hydrogen-bond acceptors (Lipinski definition) is 4. The van der Waals surface area contributed by atoms with E-state index in [1.165, 1.54) is 0 Å². The number of hydrogen-bond donors (Lipinski definition) is 2. The first kappa shape index (κ1) is 24.2. The zero-order chi connectivity index (χ0) is 24.5. The molecule has 34 heavy (non-hydrogen) atoms. The lowest BCUT2D eigenvalue weighted by atomic mass is 9.97. The molecule has 2 N–H and O–H groups in total. The summed E-state index contributed by atoms with van der Waals surface area (Å²) in [7, 11) is -3.60. The smallest absolute Gasteiger partial charge is 0.243 e. The van der Waals surface area contributed by atoms with Gasteiger partial charge in [0.1, 0.15) is 0 Å². The van der Waals surface area contributed by atoms with Crippen molar-refractivity contribution in [2.75, 3.05) is 13.1 Å². The fraction of sp³-hybridized carbons (Fsp3) is 0.385. The Balaban J connectivity index is 1.35. The average Bonchev–Trinajstić information content (AvgIpc) is 3.37. The number of carbonyl (C=O) groups is 1. The summed E-state index contributed by atoms with van der Waals surface area (Å²) in [6.07, 6.45) is 2.75. The molecule has 8 heteroatoms. The molecule has 7 nitrogen and oxygen atoms in total. The molecule has 0 bridgehead atoms. The van der Waals surface area contributed by atoms with Crippen molar-refractivity contribution in [1.82, 2.24) is 19.8 Å². The van der Waals surface area contributed by atoms with Gasteiger partial charge in [0.15, 0.2) is 0 Å². The molecule has 1 amide bonds. The number of sulfonamides is 1. The second-order valence-electron chi connectivity index (χ2n) is 9.15. The van der Waals surface area contributed by atoms with Gasteiger partial charge in [-0.2, -0.15) is 9.40 Å². The summed E-state index contributed by atoms with van der Waals surface area (Å²) in [5.41, 5.74) is 6.57. The number of H-pyrrole nitrogens is 1. The maximum Gasteiger partial charge on any atom is 0.243 e. The summed E-state index contributed by atoms with van der Waals surface area (Å²) in [5.74, 6) is -0.203. The normalized spacial score (nSPS) is 15.4. The van der Waals surface area contributed by atoms with Gasteiger partial charge in [-0.15, -0.1) is 0 Å². The number of aromatic amines is 1. The Morgan fingerprint density at radius 3 is 2.21 bits per heavy atom. The highest BCUT2D eigenvalue weighted by atomic mass is 32.2. The number of carbonyl (C=O) groups excluding carboxylic acids is 1. The lowest BCUT2D eigenvalue weighted by Gasteiger charge is -2.31. The minimum atomic E-state index is -3.60. The molecule has 1 aliphatic rings. The van der Waals surface area contributed by atoms with Crippen molar-refractivity contribution in [2.45, 2.75) is 52.0 Å². The third-order valence-corrected chi connectivity index (χ3v) is 9.13. The number of aromatic nitrogens is 2. The van der Waals surface area contributed by atoms with Crippen LogP contribution in [0, 0.1) is 33.6 Å². The van der Waals surface area contributed by atoms with Gasteiger partial charge in [0.2, 0.25) is 15.9 Å². The van der Waals surface area contributed by atoms with Crippen LogP contribution in [0.3, 0.4) is 0 Å². The number of nitrogens with zero attached hydrogens (tertiary/aromatic N) is 2. The van der Waals surface area contributed by atoms with Gasteiger partial charge >= 0.3 is 0 Å². The predicted molar refractivity (Wildman–Crippen MR) is 133 cm³/mol. The summed E-state index contributed by atoms with van der Waals surface area (Å²) in [6.45, 7) is 8.79. The minimum Gasteiger partial charge on any atom is -0.352 e. The molecular formula is C26H32N4O3S. The molecule has 0 unspecified atom stereocenters. The molecule has 1 saturated heterocycles. The van der Waals surface area contributed by atoms with Gasteiger partial charge in [-0.3, -0.25) is 9.89 Å². The van der Waals surface area contributed by atoms with Gasteiger partial charge < -0.3 is 5.32 Å². The van der Waals surface area contributed by atoms with Gasteiger partial charge in [-0.05, 0) is 80.0 Å². The quantitative estimate of drug-likeness (QED) is 0.557. The Kier molecular flexibility index (Phi) is 6.91. The van der Waals surface area contributed by atoms with E-state index in [1.54, 1.807) is 10.5 Å². The molecule has 1 fully saturated rings. The van der Waals surface area contributed by atoms with Crippen molar-refractivity contribution in [3.05, 3.63) is 70.4 Å². The number of rotatable bonds is 6. The van der Waals surface area contributed by atoms with E-state index < -0.39 is 10.0 Å². The first-order valence-electron chi connectivity index (χ1n) is 11.6. The monoisotopic (exact) mass is 480 g/mol. The van der Waals surface area contributed by atoms with E-state index in [0.717, 1.165) is 39.1 Å². The van der Waals surface area contributed by atoms with Crippen LogP contribution in [0.2, 0.25) is 0 Å². The van der Waals surface area contributed by atoms with E-state index >= 15 is 0 Å². The highest BCUT2D eigenvalue weighted by molar-refractivity contribution is 7.89. The first-order chi connectivity index (χ1) is 16.2. The number of piperidine rings is 1. The van der Waals surface area contributed by atoms with Crippen LogP contribution in [0.15, 0.2) is 47.5 Å². The van der Waals surface area contributed by atoms with E-state index in [0.29, 0.717) is 37.4 Å². The molecule has 0 radical (unpaired) electrons. The van der Waals surface area contributed by atoms with Crippen LogP contribution < -0.4 is 5.32 Å². The van der Waals surface area contributed by atoms with E-state index in [1.807, 2.05) is 64.1 Å². The van der Waals surface area contributed by atoms with E-state index in [2.05, 4.69) is 15.5 Å². The minimum absolute atomic E-state index is 0.0200. The topological polar surface area (TPSA) is 95.2 Å². The molecule has 0 atom stereocenters. The number of nitrogens with one attached hydrogen (secondary N) is 2. The fourth-order valence-corrected chi connectivity index (χ4v) is 6.65. The number of amides is 1. The lowest BCUT2D eigenvalue weighted by Crippen LogP contribution is -2.43. The van der Waals surface area contributed by atoms with Crippen LogP contribution in [0.1, 0.15) is 40.7 Å². The predicted octanol–water partition coefficient (Wildman–Crippen LogP) is 4.03. The van der Waals surface area contributed by atoms with Crippen LogP contribution in [0.5, 0.6) is 0 Å². The van der Waals surface area contributed by atoms with Gasteiger partial charge in [0, 0.05) is 31.7 Å². The zero-order valence-electron chi connectivity index (χ0n) is 20.2. The number of benzene rings is 2. The molecule has 1 aromatic heterocycles. The van der Waals surface area contributed by atoms with Gasteiger partial charge in [-0.25, -0.2) is 8.42 Å². The van der Waals surface area contributed by atoms with Crippen LogP contribution >= 0.6 is 0 Å². The van der Waals surface area contributed by atoms with Crippen molar-refractivity contribution < 1.29 is 13.2 Å². The lowest BCUT2D eigenvalue weighted by molar-refractivity contribution is -0.126. The summed E-state index contributed by atoms with van der Waals surface area (Å²) in [4.78, 5) is 13.2. The standard InChI is InChI=1S/C26H32N4O3S/c1-17-15-18(2)20(4)25(19(17)3)34(32,33)30-13-10-23(11-14-30)26(31)27-16-21-5-7-22(8-6-21)24-9-12-28-29-24/h5-9,12,15,23H,10-11,13-14,16H2,1-4H3,(H,27,31)(H,28,29). The van der Waals surface area contributed by atoms with Crippen LogP contribution in [0.25, 0.3) is 11.3 Å². The Hall–Kier alpha value is -2.97. The molecule has 0 spiro atoms. The highest BCUT2D eigenvalue weighted by Crippen LogP contribution is 2.31. The average molecular weight is 481 g/mol. The molecule has 1 aliphatic heterocycles. The van der Waals surface area contributed by atoms with Crippen LogP contribution in [-0.2, 0) is 21.4 Å². The largest absolute Gasteiger partial charge is 0.352 e. The number of aryl methyl sites for hydroxylation is 2. The third-order valence-electron chi connectivity index (χ3n) is 6.95. The van der Waals surface area contributed by atoms with E-state index in [9.17, 15) is 13.2 Å². The Labute approximate surface area is 201 Å². The first-order valence-corrected chi connectivity index (χ1v) is 13.1. The highest BCUT2D eigenvalue weighted by Gasteiger charge is 2.34. The van der Waals surface area contributed by atoms with Crippen molar-refractivity contribution >= 4 is 15.9 Å². The van der Waals surface area contributed by atoms with Gasteiger partial charge in [0.25, 0.3) is 0 Å². The molecule has 2 aromatic carbocycles. The maximum atomic E-state index is 13.5. The van der Waals surface area contributed by atoms with Crippen LogP contribution in [0.4, 0.5) is 0 Å². The second kappa shape index (κ2) is 9.72. The molecule has 2 heterocycles. The van der Waals surface area contributed by atoms with Gasteiger partial charge in [0.05, 0.1) is 10.6 Å². The van der Waals surface area contributed by atoms with Crippen molar-refractivity contribution in [3.8, 4) is 11.3 Å². The molecule has 0 aliphatic carbocycles. The Morgan fingerprint density at radius 1 is 1.03 bits per heavy atom. The summed E-state index contributed by atoms with van der Waals surface area (Å²) < 4.78 is 28.4. The maximum absolute atomic E-state index is 13.5. The molecule has 3 aromatic rings. The fourth-order valence-electron chi connectivity index (χ4n) is 4.61. The second-order valence-corrected chi connectivity index (χ2v) is 11.0. The van der Waals surface area contributed by atoms with Crippen LogP contribution in [-0.4, -0.2) is 41.9 Å². The summed E-state index contributed by atoms with van der Waals surface area (Å²) in [6, 6.07) is 11.9. The molecule has 4 rings (SSSR count). The molecule has 180 valence electrons. The SMILES string of the molecule is Cc1cc(C)c(C)c(S(=O)(=O)N2CCC(C(=O)NCc3ccc(-c4ccn[nH]4)cc3)CC2)c1C. The Morgan fingerprint density at radius 2 is 1.65 bits per heavy atom. The van der Waals surface area contributed by atoms with Crippen molar-refractivity contribution in [1.29, 1.82) is 0 Å². The summed E-state index contributed by atoms with van der Waals surface area (Å²) in [5, 5.41) is 9.91. The summed E-state index contributed by atoms with van der Waals surface area (Å²) >= 11 is 0.